The number of rotatable bonds is 2. The molecular formula is C8H7ClF3N. The maximum absolute atomic E-state index is 12.9. The van der Waals surface area contributed by atoms with E-state index in [-0.39, 0.29) is 22.6 Å². The lowest BCUT2D eigenvalue weighted by atomic mass is 10.1. The fraction of sp³-hybridized carbons (Fsp3) is 0.375. The van der Waals surface area contributed by atoms with Gasteiger partial charge in [0, 0.05) is 17.3 Å². The monoisotopic (exact) mass is 209 g/mol. The number of aryl methyl sites for hydroxylation is 1. The largest absolute Gasteiger partial charge is 0.264 e. The SMILES string of the molecule is Cc1cnc(F)c(CCl)c1C(F)F. The number of alkyl halides is 3. The summed E-state index contributed by atoms with van der Waals surface area (Å²) in [6.45, 7) is 1.45. The summed E-state index contributed by atoms with van der Waals surface area (Å²) in [6, 6.07) is 0. The molecule has 0 aliphatic carbocycles. The van der Waals surface area contributed by atoms with E-state index in [2.05, 4.69) is 4.98 Å². The van der Waals surface area contributed by atoms with Crippen LogP contribution in [0, 0.1) is 12.9 Å². The molecule has 1 heterocycles. The van der Waals surface area contributed by atoms with Gasteiger partial charge in [-0.3, -0.25) is 0 Å². The molecule has 0 amide bonds. The van der Waals surface area contributed by atoms with Crippen molar-refractivity contribution >= 4 is 11.6 Å². The van der Waals surface area contributed by atoms with Crippen molar-refractivity contribution in [1.29, 1.82) is 0 Å². The van der Waals surface area contributed by atoms with Gasteiger partial charge in [-0.15, -0.1) is 11.6 Å². The van der Waals surface area contributed by atoms with Gasteiger partial charge in [-0.05, 0) is 12.5 Å². The fourth-order valence-electron chi connectivity index (χ4n) is 1.08. The topological polar surface area (TPSA) is 12.9 Å². The Bertz CT molecular complexity index is 315. The van der Waals surface area contributed by atoms with E-state index in [0.29, 0.717) is 0 Å². The molecule has 13 heavy (non-hydrogen) atoms. The van der Waals surface area contributed by atoms with Crippen LogP contribution in [-0.2, 0) is 5.88 Å². The Morgan fingerprint density at radius 1 is 1.54 bits per heavy atom. The lowest BCUT2D eigenvalue weighted by Gasteiger charge is -2.09. The summed E-state index contributed by atoms with van der Waals surface area (Å²) >= 11 is 5.34. The van der Waals surface area contributed by atoms with Crippen molar-refractivity contribution in [3.8, 4) is 0 Å². The van der Waals surface area contributed by atoms with Crippen LogP contribution >= 0.6 is 11.6 Å². The molecule has 0 N–H and O–H groups in total. The average Bonchev–Trinajstić information content (AvgIpc) is 2.07. The molecule has 0 fully saturated rings. The maximum Gasteiger partial charge on any atom is 0.264 e. The number of hydrogen-bond acceptors (Lipinski definition) is 1. The molecule has 0 radical (unpaired) electrons. The molecule has 72 valence electrons. The lowest BCUT2D eigenvalue weighted by Crippen LogP contribution is -2.02. The van der Waals surface area contributed by atoms with Gasteiger partial charge in [0.25, 0.3) is 6.43 Å². The quantitative estimate of drug-likeness (QED) is 0.538. The van der Waals surface area contributed by atoms with E-state index < -0.39 is 12.4 Å². The zero-order valence-electron chi connectivity index (χ0n) is 6.82. The Morgan fingerprint density at radius 2 is 2.15 bits per heavy atom. The fourth-order valence-corrected chi connectivity index (χ4v) is 1.34. The number of aromatic nitrogens is 1. The summed E-state index contributed by atoms with van der Waals surface area (Å²) in [7, 11) is 0. The van der Waals surface area contributed by atoms with Crippen molar-refractivity contribution < 1.29 is 13.2 Å². The first-order chi connectivity index (χ1) is 6.07. The highest BCUT2D eigenvalue weighted by molar-refractivity contribution is 6.17. The van der Waals surface area contributed by atoms with E-state index in [9.17, 15) is 13.2 Å². The third kappa shape index (κ3) is 1.94. The Balaban J connectivity index is 3.35. The minimum atomic E-state index is -2.72. The van der Waals surface area contributed by atoms with Crippen molar-refractivity contribution in [3.05, 3.63) is 28.8 Å². The molecule has 0 unspecified atom stereocenters. The van der Waals surface area contributed by atoms with Gasteiger partial charge < -0.3 is 0 Å². The van der Waals surface area contributed by atoms with Crippen LogP contribution in [-0.4, -0.2) is 4.98 Å². The van der Waals surface area contributed by atoms with Crippen LogP contribution in [0.3, 0.4) is 0 Å². The molecule has 0 atom stereocenters. The molecule has 1 rings (SSSR count). The van der Waals surface area contributed by atoms with Crippen LogP contribution in [0.4, 0.5) is 13.2 Å². The van der Waals surface area contributed by atoms with Crippen LogP contribution < -0.4 is 0 Å². The van der Waals surface area contributed by atoms with Gasteiger partial charge in [-0.2, -0.15) is 4.39 Å². The number of pyridine rings is 1. The summed E-state index contributed by atoms with van der Waals surface area (Å²) < 4.78 is 37.7. The molecule has 1 aromatic rings. The first kappa shape index (κ1) is 10.3. The van der Waals surface area contributed by atoms with E-state index in [1.807, 2.05) is 0 Å². The van der Waals surface area contributed by atoms with E-state index in [1.165, 1.54) is 6.92 Å². The second-order valence-corrected chi connectivity index (χ2v) is 2.83. The second-order valence-electron chi connectivity index (χ2n) is 2.56. The maximum atomic E-state index is 12.9. The van der Waals surface area contributed by atoms with Crippen LogP contribution in [0.5, 0.6) is 0 Å². The second kappa shape index (κ2) is 3.96. The normalized spacial score (nSPS) is 10.9. The standard InChI is InChI=1S/C8H7ClF3N/c1-4-3-13-8(12)5(2-9)6(4)7(10)11/h3,7H,2H2,1H3. The van der Waals surface area contributed by atoms with Gasteiger partial charge >= 0.3 is 0 Å². The van der Waals surface area contributed by atoms with Crippen molar-refractivity contribution in [2.45, 2.75) is 19.2 Å². The highest BCUT2D eigenvalue weighted by Crippen LogP contribution is 2.28. The minimum Gasteiger partial charge on any atom is -0.228 e. The molecule has 0 aromatic carbocycles. The Hall–Kier alpha value is -0.770. The van der Waals surface area contributed by atoms with Crippen molar-refractivity contribution in [3.63, 3.8) is 0 Å². The van der Waals surface area contributed by atoms with E-state index in [4.69, 9.17) is 11.6 Å². The third-order valence-electron chi connectivity index (χ3n) is 1.72. The van der Waals surface area contributed by atoms with Crippen molar-refractivity contribution in [2.75, 3.05) is 0 Å². The summed E-state index contributed by atoms with van der Waals surface area (Å²) in [5.74, 6) is -1.21. The van der Waals surface area contributed by atoms with Gasteiger partial charge in [-0.1, -0.05) is 0 Å². The molecule has 1 nitrogen and oxygen atoms in total. The van der Waals surface area contributed by atoms with Gasteiger partial charge in [0.1, 0.15) is 0 Å². The van der Waals surface area contributed by atoms with Crippen molar-refractivity contribution in [2.24, 2.45) is 0 Å². The van der Waals surface area contributed by atoms with Crippen LogP contribution in [0.1, 0.15) is 23.1 Å². The first-order valence-corrected chi connectivity index (χ1v) is 4.09. The first-order valence-electron chi connectivity index (χ1n) is 3.56. The van der Waals surface area contributed by atoms with Crippen LogP contribution in [0.2, 0.25) is 0 Å². The zero-order valence-corrected chi connectivity index (χ0v) is 7.58. The molecule has 1 aromatic heterocycles. The number of hydrogen-bond donors (Lipinski definition) is 0. The molecule has 0 aliphatic rings. The van der Waals surface area contributed by atoms with Crippen LogP contribution in [0.15, 0.2) is 6.20 Å². The molecule has 0 spiro atoms. The predicted octanol–water partition coefficient (Wildman–Crippen LogP) is 3.21. The van der Waals surface area contributed by atoms with Gasteiger partial charge in [0.05, 0.1) is 5.88 Å². The molecule has 0 aliphatic heterocycles. The van der Waals surface area contributed by atoms with E-state index in [1.54, 1.807) is 0 Å². The Kier molecular flexibility index (Phi) is 3.14. The zero-order chi connectivity index (χ0) is 10.0. The summed E-state index contributed by atoms with van der Waals surface area (Å²) in [4.78, 5) is 3.31. The number of halogens is 4. The lowest BCUT2D eigenvalue weighted by molar-refractivity contribution is 0.149. The highest BCUT2D eigenvalue weighted by atomic mass is 35.5. The predicted molar refractivity (Wildman–Crippen MR) is 43.4 cm³/mol. The smallest absolute Gasteiger partial charge is 0.228 e. The van der Waals surface area contributed by atoms with E-state index >= 15 is 0 Å². The van der Waals surface area contributed by atoms with E-state index in [0.717, 1.165) is 6.20 Å². The van der Waals surface area contributed by atoms with Crippen LogP contribution in [0.25, 0.3) is 0 Å². The summed E-state index contributed by atoms with van der Waals surface area (Å²) in [6.07, 6.45) is -1.64. The summed E-state index contributed by atoms with van der Waals surface area (Å²) in [5.41, 5.74) is -0.300. The molecule has 0 saturated carbocycles. The van der Waals surface area contributed by atoms with Gasteiger partial charge in [-0.25, -0.2) is 13.8 Å². The van der Waals surface area contributed by atoms with Crippen molar-refractivity contribution in [1.82, 2.24) is 4.98 Å². The third-order valence-corrected chi connectivity index (χ3v) is 1.99. The van der Waals surface area contributed by atoms with Gasteiger partial charge in [0.15, 0.2) is 0 Å². The molecular weight excluding hydrogens is 203 g/mol. The Morgan fingerprint density at radius 3 is 2.54 bits per heavy atom. The highest BCUT2D eigenvalue weighted by Gasteiger charge is 2.19. The molecule has 5 heteroatoms. The summed E-state index contributed by atoms with van der Waals surface area (Å²) in [5, 5.41) is 0. The molecule has 0 saturated heterocycles. The Labute approximate surface area is 78.5 Å². The average molecular weight is 210 g/mol. The number of nitrogens with zero attached hydrogens (tertiary/aromatic N) is 1. The molecule has 0 bridgehead atoms. The van der Waals surface area contributed by atoms with Gasteiger partial charge in [0.2, 0.25) is 5.95 Å². The minimum absolute atomic E-state index is 0.211.